The number of nitrogens with zero attached hydrogens (tertiary/aromatic N) is 1. The van der Waals surface area contributed by atoms with E-state index < -0.39 is 0 Å². The molecule has 0 aliphatic carbocycles. The van der Waals surface area contributed by atoms with Gasteiger partial charge < -0.3 is 10.2 Å². The van der Waals surface area contributed by atoms with Gasteiger partial charge in [-0.2, -0.15) is 0 Å². The first-order valence-electron chi connectivity index (χ1n) is 8.36. The minimum atomic E-state index is 0.448. The summed E-state index contributed by atoms with van der Waals surface area (Å²) in [6.45, 7) is 8.22. The smallest absolute Gasteiger partial charge is 0.0329 e. The van der Waals surface area contributed by atoms with Crippen molar-refractivity contribution in [1.82, 2.24) is 10.2 Å². The molecule has 2 nitrogen and oxygen atoms in total. The minimum absolute atomic E-state index is 0.448. The minimum Gasteiger partial charge on any atom is -0.313 e. The summed E-state index contributed by atoms with van der Waals surface area (Å²) in [7, 11) is 2.06. The van der Waals surface area contributed by atoms with Crippen LogP contribution in [0.3, 0.4) is 0 Å². The van der Waals surface area contributed by atoms with Crippen LogP contribution < -0.4 is 5.32 Å². The molecule has 0 fully saturated rings. The normalized spacial score (nSPS) is 12.8. The van der Waals surface area contributed by atoms with Crippen LogP contribution in [0, 0.1) is 0 Å². The van der Waals surface area contributed by atoms with Gasteiger partial charge in [0.05, 0.1) is 0 Å². The number of hydrogen-bond acceptors (Lipinski definition) is 2. The first-order valence-corrected chi connectivity index (χ1v) is 9.15. The SMILES string of the molecule is CCCCN(CCCC)CCC(NC)c1ccc(Br)cc1. The fourth-order valence-corrected chi connectivity index (χ4v) is 2.85. The average Bonchev–Trinajstić information content (AvgIpc) is 2.51. The maximum absolute atomic E-state index is 3.51. The molecule has 21 heavy (non-hydrogen) atoms. The summed E-state index contributed by atoms with van der Waals surface area (Å²) >= 11 is 3.51. The van der Waals surface area contributed by atoms with Crippen LogP contribution in [0.15, 0.2) is 28.7 Å². The Bertz CT molecular complexity index is 356. The summed E-state index contributed by atoms with van der Waals surface area (Å²) in [5, 5.41) is 3.46. The van der Waals surface area contributed by atoms with E-state index in [2.05, 4.69) is 71.3 Å². The summed E-state index contributed by atoms with van der Waals surface area (Å²) in [6.07, 6.45) is 6.36. The number of halogens is 1. The number of rotatable bonds is 11. The number of unbranched alkanes of at least 4 members (excludes halogenated alkanes) is 2. The van der Waals surface area contributed by atoms with Gasteiger partial charge in [-0.15, -0.1) is 0 Å². The van der Waals surface area contributed by atoms with Crippen molar-refractivity contribution < 1.29 is 0 Å². The highest BCUT2D eigenvalue weighted by Gasteiger charge is 2.11. The topological polar surface area (TPSA) is 15.3 Å². The highest BCUT2D eigenvalue weighted by Crippen LogP contribution is 2.20. The highest BCUT2D eigenvalue weighted by molar-refractivity contribution is 9.10. The molecular weight excluding hydrogens is 324 g/mol. The van der Waals surface area contributed by atoms with Crippen LogP contribution in [0.1, 0.15) is 57.6 Å². The van der Waals surface area contributed by atoms with Gasteiger partial charge in [0.25, 0.3) is 0 Å². The van der Waals surface area contributed by atoms with Crippen molar-refractivity contribution in [1.29, 1.82) is 0 Å². The predicted octanol–water partition coefficient (Wildman–Crippen LogP) is 5.00. The van der Waals surface area contributed by atoms with Crippen LogP contribution in [0.25, 0.3) is 0 Å². The van der Waals surface area contributed by atoms with Gasteiger partial charge in [-0.3, -0.25) is 0 Å². The quantitative estimate of drug-likeness (QED) is 0.601. The highest BCUT2D eigenvalue weighted by atomic mass is 79.9. The Balaban J connectivity index is 2.51. The molecule has 0 saturated carbocycles. The number of benzene rings is 1. The summed E-state index contributed by atoms with van der Waals surface area (Å²) in [6, 6.07) is 9.14. The van der Waals surface area contributed by atoms with E-state index in [4.69, 9.17) is 0 Å². The van der Waals surface area contributed by atoms with E-state index in [1.54, 1.807) is 0 Å². The van der Waals surface area contributed by atoms with Gasteiger partial charge in [-0.05, 0) is 63.6 Å². The average molecular weight is 355 g/mol. The molecule has 0 aromatic heterocycles. The Labute approximate surface area is 139 Å². The fraction of sp³-hybridized carbons (Fsp3) is 0.667. The fourth-order valence-electron chi connectivity index (χ4n) is 2.58. The molecule has 1 atom stereocenters. The second kappa shape index (κ2) is 11.2. The molecule has 0 heterocycles. The van der Waals surface area contributed by atoms with E-state index in [0.29, 0.717) is 6.04 Å². The van der Waals surface area contributed by atoms with E-state index in [-0.39, 0.29) is 0 Å². The van der Waals surface area contributed by atoms with Crippen molar-refractivity contribution in [2.45, 2.75) is 52.0 Å². The molecule has 1 N–H and O–H groups in total. The second-order valence-electron chi connectivity index (χ2n) is 5.73. The monoisotopic (exact) mass is 354 g/mol. The summed E-state index contributed by atoms with van der Waals surface area (Å²) < 4.78 is 1.15. The van der Waals surface area contributed by atoms with Crippen molar-refractivity contribution in [2.24, 2.45) is 0 Å². The van der Waals surface area contributed by atoms with Gasteiger partial charge >= 0.3 is 0 Å². The van der Waals surface area contributed by atoms with E-state index >= 15 is 0 Å². The van der Waals surface area contributed by atoms with Crippen LogP contribution in [0.2, 0.25) is 0 Å². The Kier molecular flexibility index (Phi) is 9.98. The van der Waals surface area contributed by atoms with Gasteiger partial charge in [-0.25, -0.2) is 0 Å². The van der Waals surface area contributed by atoms with Crippen LogP contribution in [0.5, 0.6) is 0 Å². The summed E-state index contributed by atoms with van der Waals surface area (Å²) in [4.78, 5) is 2.64. The standard InChI is InChI=1S/C18H31BrN2/c1-4-6-13-21(14-7-5-2)15-12-18(20-3)16-8-10-17(19)11-9-16/h8-11,18,20H,4-7,12-15H2,1-3H3. The van der Waals surface area contributed by atoms with Crippen molar-refractivity contribution in [2.75, 3.05) is 26.7 Å². The molecule has 0 spiro atoms. The first-order chi connectivity index (χ1) is 10.2. The lowest BCUT2D eigenvalue weighted by Gasteiger charge is -2.25. The third-order valence-electron chi connectivity index (χ3n) is 4.01. The maximum Gasteiger partial charge on any atom is 0.0329 e. The van der Waals surface area contributed by atoms with E-state index in [9.17, 15) is 0 Å². The lowest BCUT2D eigenvalue weighted by Crippen LogP contribution is -2.30. The van der Waals surface area contributed by atoms with E-state index in [0.717, 1.165) is 4.47 Å². The molecule has 0 aliphatic heterocycles. The third kappa shape index (κ3) is 7.44. The molecule has 0 radical (unpaired) electrons. The van der Waals surface area contributed by atoms with E-state index in [1.807, 2.05) is 0 Å². The zero-order chi connectivity index (χ0) is 15.5. The lowest BCUT2D eigenvalue weighted by atomic mass is 10.0. The Hall–Kier alpha value is -0.380. The third-order valence-corrected chi connectivity index (χ3v) is 4.54. The van der Waals surface area contributed by atoms with Crippen molar-refractivity contribution in [3.05, 3.63) is 34.3 Å². The Morgan fingerprint density at radius 3 is 2.05 bits per heavy atom. The Morgan fingerprint density at radius 1 is 1.00 bits per heavy atom. The van der Waals surface area contributed by atoms with Gasteiger partial charge in [-0.1, -0.05) is 54.8 Å². The molecule has 0 aliphatic rings. The van der Waals surface area contributed by atoms with Gasteiger partial charge in [0.2, 0.25) is 0 Å². The molecule has 120 valence electrons. The summed E-state index contributed by atoms with van der Waals surface area (Å²) in [5.41, 5.74) is 1.38. The molecule has 1 aromatic carbocycles. The number of nitrogens with one attached hydrogen (secondary N) is 1. The maximum atomic E-state index is 3.51. The molecular formula is C18H31BrN2. The molecule has 1 unspecified atom stereocenters. The van der Waals surface area contributed by atoms with Crippen LogP contribution in [0.4, 0.5) is 0 Å². The Morgan fingerprint density at radius 2 is 1.57 bits per heavy atom. The molecule has 1 aromatic rings. The van der Waals surface area contributed by atoms with Gasteiger partial charge in [0.15, 0.2) is 0 Å². The first kappa shape index (κ1) is 18.7. The molecule has 0 amide bonds. The van der Waals surface area contributed by atoms with Crippen molar-refractivity contribution >= 4 is 15.9 Å². The van der Waals surface area contributed by atoms with Crippen molar-refractivity contribution in [3.63, 3.8) is 0 Å². The molecule has 3 heteroatoms. The van der Waals surface area contributed by atoms with Crippen LogP contribution in [-0.2, 0) is 0 Å². The molecule has 0 bridgehead atoms. The predicted molar refractivity (Wildman–Crippen MR) is 96.8 cm³/mol. The van der Waals surface area contributed by atoms with Crippen LogP contribution >= 0.6 is 15.9 Å². The second-order valence-corrected chi connectivity index (χ2v) is 6.65. The van der Waals surface area contributed by atoms with Crippen LogP contribution in [-0.4, -0.2) is 31.6 Å². The molecule has 1 rings (SSSR count). The largest absolute Gasteiger partial charge is 0.313 e. The van der Waals surface area contributed by atoms with Gasteiger partial charge in [0.1, 0.15) is 0 Å². The zero-order valence-electron chi connectivity index (χ0n) is 13.9. The number of hydrogen-bond donors (Lipinski definition) is 1. The van der Waals surface area contributed by atoms with Crippen molar-refractivity contribution in [3.8, 4) is 0 Å². The molecule has 0 saturated heterocycles. The van der Waals surface area contributed by atoms with E-state index in [1.165, 1.54) is 57.3 Å². The summed E-state index contributed by atoms with van der Waals surface area (Å²) in [5.74, 6) is 0. The van der Waals surface area contributed by atoms with Gasteiger partial charge in [0, 0.05) is 10.5 Å². The lowest BCUT2D eigenvalue weighted by molar-refractivity contribution is 0.251. The zero-order valence-corrected chi connectivity index (χ0v) is 15.5.